The molecule has 31 heavy (non-hydrogen) atoms. The molecule has 2 N–H and O–H groups in total. The number of carbonyl (C=O) groups is 3. The van der Waals surface area contributed by atoms with Gasteiger partial charge in [0.05, 0.1) is 0 Å². The summed E-state index contributed by atoms with van der Waals surface area (Å²) in [6.07, 6.45) is 1.31. The van der Waals surface area contributed by atoms with Crippen molar-refractivity contribution < 1.29 is 23.9 Å². The number of ether oxygens (including phenoxy) is 2. The molecule has 0 atom stereocenters. The third-order valence-corrected chi connectivity index (χ3v) is 5.00. The van der Waals surface area contributed by atoms with E-state index in [1.807, 2.05) is 0 Å². The number of amides is 3. The minimum absolute atomic E-state index is 0.00627. The molecule has 0 aliphatic carbocycles. The maximum absolute atomic E-state index is 12.3. The Labute approximate surface area is 188 Å². The molecule has 1 fully saturated rings. The van der Waals surface area contributed by atoms with Crippen molar-refractivity contribution in [3.8, 4) is 5.75 Å². The molecule has 0 bridgehead atoms. The summed E-state index contributed by atoms with van der Waals surface area (Å²) in [5.41, 5.74) is -0.565. The number of likely N-dealkylation sites (tertiary alicyclic amines) is 1. The van der Waals surface area contributed by atoms with Gasteiger partial charge in [-0.2, -0.15) is 0 Å². The number of carbonyl (C=O) groups excluding carboxylic acids is 3. The van der Waals surface area contributed by atoms with Crippen LogP contribution >= 0.6 is 11.6 Å². The molecule has 0 radical (unpaired) electrons. The molecule has 3 amide bonds. The molecular weight excluding hydrogens is 422 g/mol. The van der Waals surface area contributed by atoms with Crippen molar-refractivity contribution in [1.82, 2.24) is 15.5 Å². The van der Waals surface area contributed by atoms with Crippen LogP contribution in [0.2, 0.25) is 5.02 Å². The van der Waals surface area contributed by atoms with Crippen molar-refractivity contribution >= 4 is 29.5 Å². The first-order valence-electron chi connectivity index (χ1n) is 10.5. The molecule has 0 spiro atoms. The predicted octanol–water partition coefficient (Wildman–Crippen LogP) is 2.99. The summed E-state index contributed by atoms with van der Waals surface area (Å²) in [5, 5.41) is 6.09. The normalized spacial score (nSPS) is 14.6. The van der Waals surface area contributed by atoms with Gasteiger partial charge >= 0.3 is 6.09 Å². The van der Waals surface area contributed by atoms with Gasteiger partial charge in [-0.15, -0.1) is 0 Å². The van der Waals surface area contributed by atoms with Crippen molar-refractivity contribution in [1.29, 1.82) is 0 Å². The molecule has 1 aliphatic heterocycles. The standard InChI is InChI=1S/C22H32ClN3O5/c1-22(2,3)31-21(29)24-11-8-19(27)25-14-16-9-12-26(13-10-16)20(28)15-30-18-6-4-17(23)5-7-18/h4-7,16H,8-15H2,1-3H3,(H,24,29)(H,25,27). The lowest BCUT2D eigenvalue weighted by atomic mass is 9.96. The zero-order valence-corrected chi connectivity index (χ0v) is 19.2. The van der Waals surface area contributed by atoms with Crippen LogP contribution < -0.4 is 15.4 Å². The molecule has 0 unspecified atom stereocenters. The Morgan fingerprint density at radius 2 is 1.74 bits per heavy atom. The van der Waals surface area contributed by atoms with Crippen molar-refractivity contribution in [3.05, 3.63) is 29.3 Å². The van der Waals surface area contributed by atoms with Crippen molar-refractivity contribution in [2.24, 2.45) is 5.92 Å². The SMILES string of the molecule is CC(C)(C)OC(=O)NCCC(=O)NCC1CCN(C(=O)COc2ccc(Cl)cc2)CC1. The van der Waals surface area contributed by atoms with Gasteiger partial charge in [0.2, 0.25) is 5.91 Å². The second-order valence-electron chi connectivity index (χ2n) is 8.55. The first kappa shape index (κ1) is 24.8. The highest BCUT2D eigenvalue weighted by atomic mass is 35.5. The number of hydrogen-bond donors (Lipinski definition) is 2. The molecule has 9 heteroatoms. The Hall–Kier alpha value is -2.48. The Morgan fingerprint density at radius 3 is 2.35 bits per heavy atom. The van der Waals surface area contributed by atoms with E-state index in [9.17, 15) is 14.4 Å². The smallest absolute Gasteiger partial charge is 0.407 e. The lowest BCUT2D eigenvalue weighted by molar-refractivity contribution is -0.135. The van der Waals surface area contributed by atoms with E-state index in [-0.39, 0.29) is 31.4 Å². The van der Waals surface area contributed by atoms with Gasteiger partial charge < -0.3 is 25.0 Å². The summed E-state index contributed by atoms with van der Waals surface area (Å²) in [6, 6.07) is 6.89. The van der Waals surface area contributed by atoms with E-state index in [1.165, 1.54) is 0 Å². The lowest BCUT2D eigenvalue weighted by Gasteiger charge is -2.32. The van der Waals surface area contributed by atoms with Gasteiger partial charge in [-0.1, -0.05) is 11.6 Å². The van der Waals surface area contributed by atoms with Crippen LogP contribution in [0, 0.1) is 5.92 Å². The number of halogens is 1. The molecule has 172 valence electrons. The van der Waals surface area contributed by atoms with Crippen LogP contribution in [0.15, 0.2) is 24.3 Å². The van der Waals surface area contributed by atoms with E-state index in [4.69, 9.17) is 21.1 Å². The average Bonchev–Trinajstić information content (AvgIpc) is 2.70. The van der Waals surface area contributed by atoms with Crippen molar-refractivity contribution in [3.63, 3.8) is 0 Å². The molecule has 1 aromatic rings. The summed E-state index contributed by atoms with van der Waals surface area (Å²) >= 11 is 5.83. The molecule has 2 rings (SSSR count). The largest absolute Gasteiger partial charge is 0.484 e. The highest BCUT2D eigenvalue weighted by Crippen LogP contribution is 2.18. The summed E-state index contributed by atoms with van der Waals surface area (Å²) in [6.45, 7) is 7.41. The first-order chi connectivity index (χ1) is 14.6. The topological polar surface area (TPSA) is 97.0 Å². The predicted molar refractivity (Wildman–Crippen MR) is 118 cm³/mol. The summed E-state index contributed by atoms with van der Waals surface area (Å²) in [7, 11) is 0. The second-order valence-corrected chi connectivity index (χ2v) is 8.99. The van der Waals surface area contributed by atoms with E-state index < -0.39 is 11.7 Å². The number of hydrogen-bond acceptors (Lipinski definition) is 5. The number of rotatable bonds is 8. The Bertz CT molecular complexity index is 741. The minimum Gasteiger partial charge on any atom is -0.484 e. The Morgan fingerprint density at radius 1 is 1.10 bits per heavy atom. The summed E-state index contributed by atoms with van der Waals surface area (Å²) in [4.78, 5) is 37.7. The van der Waals surface area contributed by atoms with Gasteiger partial charge in [-0.25, -0.2) is 4.79 Å². The Balaban J connectivity index is 1.57. The van der Waals surface area contributed by atoms with Crippen molar-refractivity contribution in [2.75, 3.05) is 32.8 Å². The second kappa shape index (κ2) is 11.8. The zero-order valence-electron chi connectivity index (χ0n) is 18.4. The summed E-state index contributed by atoms with van der Waals surface area (Å²) < 4.78 is 10.6. The van der Waals surface area contributed by atoms with Gasteiger partial charge in [0, 0.05) is 37.6 Å². The molecule has 0 saturated carbocycles. The number of nitrogens with zero attached hydrogens (tertiary/aromatic N) is 1. The average molecular weight is 454 g/mol. The monoisotopic (exact) mass is 453 g/mol. The fraction of sp³-hybridized carbons (Fsp3) is 0.591. The van der Waals surface area contributed by atoms with Crippen molar-refractivity contribution in [2.45, 2.75) is 45.6 Å². The van der Waals surface area contributed by atoms with Crippen LogP contribution in [0.1, 0.15) is 40.0 Å². The van der Waals surface area contributed by atoms with Gasteiger partial charge in [0.25, 0.3) is 5.91 Å². The fourth-order valence-corrected chi connectivity index (χ4v) is 3.22. The fourth-order valence-electron chi connectivity index (χ4n) is 3.09. The number of alkyl carbamates (subject to hydrolysis) is 1. The highest BCUT2D eigenvalue weighted by Gasteiger charge is 2.23. The molecule has 0 aromatic heterocycles. The molecule has 1 aliphatic rings. The van der Waals surface area contributed by atoms with Gasteiger partial charge in [-0.3, -0.25) is 9.59 Å². The lowest BCUT2D eigenvalue weighted by Crippen LogP contribution is -2.43. The molecular formula is C22H32ClN3O5. The van der Waals surface area contributed by atoms with Crippen LogP contribution in [-0.2, 0) is 14.3 Å². The maximum atomic E-state index is 12.3. The van der Waals surface area contributed by atoms with E-state index in [0.717, 1.165) is 12.8 Å². The van der Waals surface area contributed by atoms with E-state index in [1.54, 1.807) is 49.9 Å². The third-order valence-electron chi connectivity index (χ3n) is 4.75. The molecule has 1 heterocycles. The van der Waals surface area contributed by atoms with Gasteiger partial charge in [0.15, 0.2) is 6.61 Å². The first-order valence-corrected chi connectivity index (χ1v) is 10.9. The molecule has 8 nitrogen and oxygen atoms in total. The number of piperidine rings is 1. The Kier molecular flexibility index (Phi) is 9.43. The van der Waals surface area contributed by atoms with Crippen LogP contribution in [-0.4, -0.2) is 61.2 Å². The van der Waals surface area contributed by atoms with Crippen LogP contribution in [0.3, 0.4) is 0 Å². The van der Waals surface area contributed by atoms with E-state index >= 15 is 0 Å². The highest BCUT2D eigenvalue weighted by molar-refractivity contribution is 6.30. The van der Waals surface area contributed by atoms with Gasteiger partial charge in [0.1, 0.15) is 11.4 Å². The van der Waals surface area contributed by atoms with E-state index in [0.29, 0.717) is 36.3 Å². The minimum atomic E-state index is -0.565. The maximum Gasteiger partial charge on any atom is 0.407 e. The van der Waals surface area contributed by atoms with E-state index in [2.05, 4.69) is 10.6 Å². The van der Waals surface area contributed by atoms with Crippen LogP contribution in [0.5, 0.6) is 5.75 Å². The van der Waals surface area contributed by atoms with Gasteiger partial charge in [-0.05, 0) is 63.8 Å². The third kappa shape index (κ3) is 9.91. The summed E-state index contributed by atoms with van der Waals surface area (Å²) in [5.74, 6) is 0.761. The molecule has 1 saturated heterocycles. The van der Waals surface area contributed by atoms with Crippen LogP contribution in [0.4, 0.5) is 4.79 Å². The number of benzene rings is 1. The quantitative estimate of drug-likeness (QED) is 0.630. The molecule has 1 aromatic carbocycles. The zero-order chi connectivity index (χ0) is 22.9. The van der Waals surface area contributed by atoms with Crippen LogP contribution in [0.25, 0.3) is 0 Å². The number of nitrogens with one attached hydrogen (secondary N) is 2.